The summed E-state index contributed by atoms with van der Waals surface area (Å²) in [5.74, 6) is 0. The molecule has 1 unspecified atom stereocenters. The Morgan fingerprint density at radius 3 is 2.42 bits per heavy atom. The van der Waals surface area contributed by atoms with Gasteiger partial charge < -0.3 is 9.26 Å². The summed E-state index contributed by atoms with van der Waals surface area (Å²) in [5, 5.41) is 0. The third-order valence-corrected chi connectivity index (χ3v) is 1.74. The van der Waals surface area contributed by atoms with Gasteiger partial charge in [0.15, 0.2) is 0 Å². The molecular formula is C7H11O4P. The van der Waals surface area contributed by atoms with Crippen LogP contribution in [0.5, 0.6) is 0 Å². The predicted octanol–water partition coefficient (Wildman–Crippen LogP) is 1.99. The molecule has 1 atom stereocenters. The highest BCUT2D eigenvalue weighted by atomic mass is 31.1. The molecule has 5 heteroatoms. The first kappa shape index (κ1) is 11.1. The maximum Gasteiger partial charge on any atom is 0.388 e. The fourth-order valence-corrected chi connectivity index (χ4v) is 0.975. The van der Waals surface area contributed by atoms with Gasteiger partial charge in [0.05, 0.1) is 6.61 Å². The Balaban J connectivity index is 3.68. The number of hydrogen-bond acceptors (Lipinski definition) is 4. The highest BCUT2D eigenvalue weighted by molar-refractivity contribution is 7.58. The van der Waals surface area contributed by atoms with Crippen LogP contribution in [0.3, 0.4) is 0 Å². The van der Waals surface area contributed by atoms with Crippen LogP contribution in [0.4, 0.5) is 4.79 Å². The summed E-state index contributed by atoms with van der Waals surface area (Å²) < 4.78 is 19.8. The molecule has 0 rings (SSSR count). The van der Waals surface area contributed by atoms with E-state index in [9.17, 15) is 9.36 Å². The first-order chi connectivity index (χ1) is 5.72. The molecule has 0 saturated carbocycles. The average Bonchev–Trinajstić information content (AvgIpc) is 2.10. The van der Waals surface area contributed by atoms with E-state index in [1.165, 1.54) is 12.2 Å². The molecule has 4 nitrogen and oxygen atoms in total. The normalized spacial score (nSPS) is 11.7. The molecule has 0 aliphatic rings. The highest BCUT2D eigenvalue weighted by Crippen LogP contribution is 2.24. The van der Waals surface area contributed by atoms with Gasteiger partial charge in [0.1, 0.15) is 6.61 Å². The lowest BCUT2D eigenvalue weighted by atomic mass is 10.7. The summed E-state index contributed by atoms with van der Waals surface area (Å²) in [6, 6.07) is 0. The molecule has 0 N–H and O–H groups in total. The summed E-state index contributed by atoms with van der Waals surface area (Å²) in [4.78, 5) is 10.7. The van der Waals surface area contributed by atoms with E-state index < -0.39 is 13.7 Å². The minimum atomic E-state index is -2.73. The zero-order chi connectivity index (χ0) is 9.40. The van der Waals surface area contributed by atoms with Gasteiger partial charge in [0.2, 0.25) is 0 Å². The van der Waals surface area contributed by atoms with Crippen molar-refractivity contribution in [3.63, 3.8) is 0 Å². The lowest BCUT2D eigenvalue weighted by molar-refractivity contribution is 0.180. The van der Waals surface area contributed by atoms with Crippen molar-refractivity contribution in [3.05, 3.63) is 25.3 Å². The summed E-state index contributed by atoms with van der Waals surface area (Å²) in [7, 11) is -2.73. The maximum atomic E-state index is 10.8. The van der Waals surface area contributed by atoms with E-state index in [-0.39, 0.29) is 13.2 Å². The van der Waals surface area contributed by atoms with E-state index in [2.05, 4.69) is 22.4 Å². The van der Waals surface area contributed by atoms with Crippen LogP contribution >= 0.6 is 8.03 Å². The standard InChI is InChI=1S/C7H11O4P/c1-3-5-10-7(8)12(9)11-6-4-2/h3-4,12H,1-2,5-6H2. The molecule has 68 valence electrons. The minimum Gasteiger partial charge on any atom is -0.454 e. The van der Waals surface area contributed by atoms with Crippen LogP contribution in [0.15, 0.2) is 25.3 Å². The molecule has 0 aliphatic heterocycles. The zero-order valence-electron chi connectivity index (χ0n) is 6.62. The van der Waals surface area contributed by atoms with Gasteiger partial charge in [-0.25, -0.2) is 4.79 Å². The SMILES string of the molecule is C=CCOC(=O)[PH](=O)OCC=C. The molecule has 0 saturated heterocycles. The van der Waals surface area contributed by atoms with Gasteiger partial charge in [-0.1, -0.05) is 18.7 Å². The van der Waals surface area contributed by atoms with Crippen molar-refractivity contribution in [1.82, 2.24) is 0 Å². The van der Waals surface area contributed by atoms with Gasteiger partial charge in [0, 0.05) is 0 Å². The number of carbonyl (C=O) groups excluding carboxylic acids is 1. The van der Waals surface area contributed by atoms with Gasteiger partial charge in [-0.05, 0) is 0 Å². The van der Waals surface area contributed by atoms with Crippen LogP contribution in [0.2, 0.25) is 0 Å². The largest absolute Gasteiger partial charge is 0.454 e. The van der Waals surface area contributed by atoms with Gasteiger partial charge >= 0.3 is 5.71 Å². The molecule has 0 aliphatic carbocycles. The van der Waals surface area contributed by atoms with Crippen LogP contribution in [0.1, 0.15) is 0 Å². The fourth-order valence-electron chi connectivity index (χ4n) is 0.387. The van der Waals surface area contributed by atoms with Crippen molar-refractivity contribution in [1.29, 1.82) is 0 Å². The van der Waals surface area contributed by atoms with E-state index in [0.717, 1.165) is 0 Å². The fraction of sp³-hybridized carbons (Fsp3) is 0.286. The second-order valence-electron chi connectivity index (χ2n) is 1.77. The van der Waals surface area contributed by atoms with Crippen molar-refractivity contribution in [2.45, 2.75) is 0 Å². The van der Waals surface area contributed by atoms with Crippen LogP contribution in [-0.4, -0.2) is 18.9 Å². The van der Waals surface area contributed by atoms with Gasteiger partial charge in [-0.2, -0.15) is 0 Å². The Labute approximate surface area is 71.7 Å². The first-order valence-electron chi connectivity index (χ1n) is 3.28. The minimum absolute atomic E-state index is 0.0483. The van der Waals surface area contributed by atoms with Crippen molar-refractivity contribution >= 4 is 13.7 Å². The lowest BCUT2D eigenvalue weighted by Crippen LogP contribution is -1.98. The van der Waals surface area contributed by atoms with Crippen molar-refractivity contribution in [2.75, 3.05) is 13.2 Å². The molecule has 12 heavy (non-hydrogen) atoms. The van der Waals surface area contributed by atoms with Crippen LogP contribution < -0.4 is 0 Å². The summed E-state index contributed by atoms with van der Waals surface area (Å²) in [5.41, 5.74) is -0.832. The summed E-state index contributed by atoms with van der Waals surface area (Å²) in [6.45, 7) is 6.80. The Bertz CT molecular complexity index is 178. The molecule has 0 aromatic rings. The Hall–Kier alpha value is -0.860. The van der Waals surface area contributed by atoms with Gasteiger partial charge in [-0.15, -0.1) is 6.58 Å². The molecule has 0 fully saturated rings. The molecule has 0 aromatic heterocycles. The summed E-state index contributed by atoms with van der Waals surface area (Å²) in [6.07, 6.45) is 2.80. The molecule has 0 amide bonds. The smallest absolute Gasteiger partial charge is 0.388 e. The zero-order valence-corrected chi connectivity index (χ0v) is 7.62. The topological polar surface area (TPSA) is 52.6 Å². The lowest BCUT2D eigenvalue weighted by Gasteiger charge is -2.00. The molecule has 0 aromatic carbocycles. The number of rotatable bonds is 6. The second kappa shape index (κ2) is 6.83. The number of ether oxygens (including phenoxy) is 1. The maximum absolute atomic E-state index is 10.8. The second-order valence-corrected chi connectivity index (χ2v) is 3.05. The molecule has 0 spiro atoms. The average molecular weight is 190 g/mol. The molecule has 0 bridgehead atoms. The monoisotopic (exact) mass is 190 g/mol. The third kappa shape index (κ3) is 4.88. The first-order valence-corrected chi connectivity index (χ1v) is 4.59. The highest BCUT2D eigenvalue weighted by Gasteiger charge is 2.11. The molecule has 0 heterocycles. The van der Waals surface area contributed by atoms with Crippen LogP contribution in [0, 0.1) is 0 Å². The van der Waals surface area contributed by atoms with E-state index in [0.29, 0.717) is 0 Å². The molecule has 0 radical (unpaired) electrons. The van der Waals surface area contributed by atoms with E-state index >= 15 is 0 Å². The quantitative estimate of drug-likeness (QED) is 0.474. The van der Waals surface area contributed by atoms with Crippen molar-refractivity contribution in [2.24, 2.45) is 0 Å². The Morgan fingerprint density at radius 2 is 1.92 bits per heavy atom. The van der Waals surface area contributed by atoms with Crippen LogP contribution in [0.25, 0.3) is 0 Å². The van der Waals surface area contributed by atoms with E-state index in [4.69, 9.17) is 0 Å². The molecular weight excluding hydrogens is 179 g/mol. The predicted molar refractivity (Wildman–Crippen MR) is 46.7 cm³/mol. The Morgan fingerprint density at radius 1 is 1.33 bits per heavy atom. The Kier molecular flexibility index (Phi) is 6.34. The summed E-state index contributed by atoms with van der Waals surface area (Å²) >= 11 is 0. The van der Waals surface area contributed by atoms with Gasteiger partial charge in [0.25, 0.3) is 8.03 Å². The van der Waals surface area contributed by atoms with E-state index in [1.807, 2.05) is 0 Å². The van der Waals surface area contributed by atoms with Crippen molar-refractivity contribution in [3.8, 4) is 0 Å². The number of carbonyl (C=O) groups is 1. The number of hydrogen-bond donors (Lipinski definition) is 0. The van der Waals surface area contributed by atoms with Crippen molar-refractivity contribution < 1.29 is 18.6 Å². The van der Waals surface area contributed by atoms with Gasteiger partial charge in [-0.3, -0.25) is 4.57 Å². The third-order valence-electron chi connectivity index (χ3n) is 0.831. The van der Waals surface area contributed by atoms with Crippen LogP contribution in [-0.2, 0) is 13.8 Å². The van der Waals surface area contributed by atoms with E-state index in [1.54, 1.807) is 0 Å².